The Bertz CT molecular complexity index is 1530. The van der Waals surface area contributed by atoms with Crippen LogP contribution in [-0.4, -0.2) is 55.0 Å². The number of hydrogen-bond acceptors (Lipinski definition) is 8. The van der Waals surface area contributed by atoms with E-state index in [4.69, 9.17) is 4.74 Å². The molecule has 222 valence electrons. The summed E-state index contributed by atoms with van der Waals surface area (Å²) < 4.78 is 21.0. The van der Waals surface area contributed by atoms with Gasteiger partial charge in [-0.25, -0.2) is 9.18 Å². The number of thioether (sulfide) groups is 1. The van der Waals surface area contributed by atoms with Crippen LogP contribution in [-0.2, 0) is 14.3 Å². The number of phenols is 2. The number of carbonyl (C=O) groups is 4. The van der Waals surface area contributed by atoms with Gasteiger partial charge in [0.2, 0.25) is 11.0 Å². The van der Waals surface area contributed by atoms with E-state index in [9.17, 15) is 38.9 Å². The molecule has 0 radical (unpaired) electrons. The maximum atomic E-state index is 14.5. The van der Waals surface area contributed by atoms with Gasteiger partial charge in [0.05, 0.1) is 17.3 Å². The summed E-state index contributed by atoms with van der Waals surface area (Å²) in [7, 11) is 0. The van der Waals surface area contributed by atoms with E-state index in [0.29, 0.717) is 12.3 Å². The zero-order chi connectivity index (χ0) is 30.2. The number of amides is 1. The van der Waals surface area contributed by atoms with Crippen molar-refractivity contribution < 1.29 is 43.6 Å². The van der Waals surface area contributed by atoms with E-state index < -0.39 is 56.4 Å². The van der Waals surface area contributed by atoms with Crippen molar-refractivity contribution in [3.05, 3.63) is 53.3 Å². The Labute approximate surface area is 245 Å². The quantitative estimate of drug-likeness (QED) is 0.318. The number of hydrogen-bond donors (Lipinski definition) is 4. The number of nitrogens with one attached hydrogen (secondary N) is 1. The van der Waals surface area contributed by atoms with E-state index >= 15 is 0 Å². The zero-order valence-corrected chi connectivity index (χ0v) is 24.0. The van der Waals surface area contributed by atoms with Crippen molar-refractivity contribution in [3.8, 4) is 11.5 Å². The molecule has 7 atom stereocenters. The molecule has 2 aromatic carbocycles. The Morgan fingerprint density at radius 3 is 2.55 bits per heavy atom. The van der Waals surface area contributed by atoms with Gasteiger partial charge < -0.3 is 25.4 Å². The van der Waals surface area contributed by atoms with Gasteiger partial charge in [0.1, 0.15) is 28.6 Å². The fourth-order valence-corrected chi connectivity index (χ4v) is 9.84. The molecule has 4 bridgehead atoms. The smallest absolute Gasteiger partial charge is 0.339 e. The second kappa shape index (κ2) is 9.80. The normalized spacial score (nSPS) is 34.3. The highest BCUT2D eigenvalue weighted by Gasteiger charge is 2.75. The Morgan fingerprint density at radius 1 is 1.12 bits per heavy atom. The van der Waals surface area contributed by atoms with Crippen LogP contribution in [0.1, 0.15) is 73.1 Å². The van der Waals surface area contributed by atoms with Crippen LogP contribution in [0.4, 0.5) is 10.1 Å². The summed E-state index contributed by atoms with van der Waals surface area (Å²) in [4.78, 5) is 51.6. The van der Waals surface area contributed by atoms with Crippen LogP contribution >= 0.6 is 11.8 Å². The van der Waals surface area contributed by atoms with Gasteiger partial charge in [-0.05, 0) is 68.2 Å². The van der Waals surface area contributed by atoms with Crippen molar-refractivity contribution in [2.75, 3.05) is 5.32 Å². The Balaban J connectivity index is 1.26. The third kappa shape index (κ3) is 4.23. The average molecular weight is 598 g/mol. The van der Waals surface area contributed by atoms with Crippen molar-refractivity contribution in [2.45, 2.75) is 69.3 Å². The first kappa shape index (κ1) is 28.7. The molecule has 7 rings (SSSR count). The van der Waals surface area contributed by atoms with Gasteiger partial charge in [-0.15, -0.1) is 0 Å². The Kier molecular flexibility index (Phi) is 6.69. The minimum atomic E-state index is -1.42. The fourth-order valence-electron chi connectivity index (χ4n) is 8.49. The number of carboxylic acid groups (broad SMARTS) is 1. The summed E-state index contributed by atoms with van der Waals surface area (Å²) in [6, 6.07) is 7.93. The van der Waals surface area contributed by atoms with Crippen molar-refractivity contribution in [1.29, 1.82) is 0 Å². The number of halogens is 1. The molecule has 5 aliphatic rings. The standard InChI is InChI=1S/C31H32FNO8S/c1-29(10-9-23(36)33-24-19(34)8-7-17(25(24)37)27(38)39)21(35)12-22(42-28(40)16-5-3-4-6-18(16)32)31-13-15-11-20(26(29)31)41-30(15,2)14-31/h3-8,15,20,22,26,34,37H,9-14H2,1-2H3,(H,33,36)(H,38,39)/t15-,20-,22-,26-,29+,30-,31-/m0/s1. The number of ether oxygens (including phenoxy) is 1. The van der Waals surface area contributed by atoms with Crippen LogP contribution in [0.3, 0.4) is 0 Å². The van der Waals surface area contributed by atoms with Crippen molar-refractivity contribution in [2.24, 2.45) is 22.7 Å². The number of aromatic hydroxyl groups is 2. The first-order valence-electron chi connectivity index (χ1n) is 14.0. The van der Waals surface area contributed by atoms with Gasteiger partial charge >= 0.3 is 5.97 Å². The maximum Gasteiger partial charge on any atom is 0.339 e. The van der Waals surface area contributed by atoms with Gasteiger partial charge in [0, 0.05) is 29.4 Å². The Morgan fingerprint density at radius 2 is 1.86 bits per heavy atom. The summed E-state index contributed by atoms with van der Waals surface area (Å²) in [5.74, 6) is -3.93. The predicted octanol–water partition coefficient (Wildman–Crippen LogP) is 5.15. The topological polar surface area (TPSA) is 150 Å². The largest absolute Gasteiger partial charge is 0.506 e. The number of phenolic OH excluding ortho intramolecular Hbond substituents is 1. The van der Waals surface area contributed by atoms with Crippen LogP contribution < -0.4 is 5.32 Å². The SMILES string of the molecule is C[C@]12C[C@]34C[C@@H]1C[C@H](O2)[C@H]3[C@](C)(CCC(=O)Nc1c(O)ccc(C(=O)O)c1O)C(=O)C[C@@H]4SC(=O)c1ccccc1F. The molecule has 4 N–H and O–H groups in total. The number of ketones is 1. The number of carbonyl (C=O) groups excluding carboxylic acids is 3. The summed E-state index contributed by atoms with van der Waals surface area (Å²) in [5.41, 5.74) is -2.61. The van der Waals surface area contributed by atoms with Gasteiger partial charge in [-0.2, -0.15) is 0 Å². The molecule has 1 spiro atoms. The second-order valence-corrected chi connectivity index (χ2v) is 13.8. The number of anilines is 1. The van der Waals surface area contributed by atoms with Crippen molar-refractivity contribution in [1.82, 2.24) is 0 Å². The molecule has 0 unspecified atom stereocenters. The lowest BCUT2D eigenvalue weighted by Gasteiger charge is -2.60. The van der Waals surface area contributed by atoms with Gasteiger partial charge in [0.15, 0.2) is 5.75 Å². The van der Waals surface area contributed by atoms with Gasteiger partial charge in [-0.1, -0.05) is 30.8 Å². The average Bonchev–Trinajstić information content (AvgIpc) is 3.30. The summed E-state index contributed by atoms with van der Waals surface area (Å²) >= 11 is 1.04. The Hall–Kier alpha value is -3.44. The van der Waals surface area contributed by atoms with Crippen LogP contribution in [0.2, 0.25) is 0 Å². The third-order valence-electron chi connectivity index (χ3n) is 10.3. The highest BCUT2D eigenvalue weighted by molar-refractivity contribution is 8.14. The number of Topliss-reactive ketones (excluding diaryl/α,β-unsaturated/α-hetero) is 1. The van der Waals surface area contributed by atoms with E-state index in [2.05, 4.69) is 12.2 Å². The molecule has 0 aromatic heterocycles. The monoisotopic (exact) mass is 597 g/mol. The van der Waals surface area contributed by atoms with Crippen molar-refractivity contribution in [3.63, 3.8) is 0 Å². The van der Waals surface area contributed by atoms with Crippen LogP contribution in [0, 0.1) is 28.5 Å². The van der Waals surface area contributed by atoms with Crippen LogP contribution in [0.5, 0.6) is 11.5 Å². The zero-order valence-electron chi connectivity index (χ0n) is 23.2. The molecule has 2 aliphatic heterocycles. The number of aromatic carboxylic acids is 1. The lowest BCUT2D eigenvalue weighted by Crippen LogP contribution is -2.63. The molecule has 42 heavy (non-hydrogen) atoms. The van der Waals surface area contributed by atoms with E-state index in [0.717, 1.165) is 36.7 Å². The lowest BCUT2D eigenvalue weighted by atomic mass is 9.48. The second-order valence-electron chi connectivity index (χ2n) is 12.6. The van der Waals surface area contributed by atoms with Gasteiger partial charge in [-0.3, -0.25) is 14.4 Å². The van der Waals surface area contributed by atoms with Crippen LogP contribution in [0.15, 0.2) is 36.4 Å². The number of benzene rings is 2. The lowest BCUT2D eigenvalue weighted by molar-refractivity contribution is -0.189. The molecule has 2 aromatic rings. The summed E-state index contributed by atoms with van der Waals surface area (Å²) in [6.45, 7) is 3.95. The van der Waals surface area contributed by atoms with Gasteiger partial charge in [0.25, 0.3) is 0 Å². The molecule has 1 amide bonds. The molecular weight excluding hydrogens is 565 g/mol. The van der Waals surface area contributed by atoms with Crippen molar-refractivity contribution >= 4 is 40.2 Å². The minimum absolute atomic E-state index is 0.00986. The molecular formula is C31H32FNO8S. The highest BCUT2D eigenvalue weighted by Crippen LogP contribution is 2.74. The van der Waals surface area contributed by atoms with E-state index in [1.54, 1.807) is 6.07 Å². The molecule has 3 saturated carbocycles. The minimum Gasteiger partial charge on any atom is -0.506 e. The first-order chi connectivity index (χ1) is 19.8. The highest BCUT2D eigenvalue weighted by atomic mass is 32.2. The molecule has 5 fully saturated rings. The van der Waals surface area contributed by atoms with E-state index in [1.807, 2.05) is 6.92 Å². The van der Waals surface area contributed by atoms with Crippen LogP contribution in [0.25, 0.3) is 0 Å². The van der Waals surface area contributed by atoms with E-state index in [-0.39, 0.29) is 53.5 Å². The first-order valence-corrected chi connectivity index (χ1v) is 14.9. The molecule has 9 nitrogen and oxygen atoms in total. The fraction of sp³-hybridized carbons (Fsp3) is 0.484. The summed E-state index contributed by atoms with van der Waals surface area (Å²) in [5, 5.41) is 31.4. The molecule has 11 heteroatoms. The number of carboxylic acids is 1. The summed E-state index contributed by atoms with van der Waals surface area (Å²) in [6.07, 6.45) is 2.16. The molecule has 3 aliphatic carbocycles. The number of rotatable bonds is 7. The third-order valence-corrected chi connectivity index (χ3v) is 11.7. The molecule has 2 heterocycles. The molecule has 2 saturated heterocycles. The maximum absolute atomic E-state index is 14.5. The predicted molar refractivity (Wildman–Crippen MR) is 151 cm³/mol. The van der Waals surface area contributed by atoms with E-state index in [1.165, 1.54) is 18.2 Å².